The molecule has 0 aliphatic rings. The maximum atomic E-state index is 13.8. The number of rotatable bonds is 3. The molecule has 0 radical (unpaired) electrons. The summed E-state index contributed by atoms with van der Waals surface area (Å²) in [4.78, 5) is 17.4. The van der Waals surface area contributed by atoms with Gasteiger partial charge in [-0.15, -0.1) is 0 Å². The molecule has 0 aliphatic carbocycles. The quantitative estimate of drug-likeness (QED) is 0.668. The largest absolute Gasteiger partial charge is 0.419 e. The molecule has 2 amide bonds. The van der Waals surface area contributed by atoms with Gasteiger partial charge in [-0.25, -0.2) is 9.18 Å². The Kier molecular flexibility index (Phi) is 4.73. The van der Waals surface area contributed by atoms with E-state index in [0.29, 0.717) is 17.1 Å². The third-order valence-corrected chi connectivity index (χ3v) is 4.11. The van der Waals surface area contributed by atoms with Crippen LogP contribution in [0.1, 0.15) is 16.8 Å². The number of halogens is 4. The summed E-state index contributed by atoms with van der Waals surface area (Å²) in [5.74, 6) is -1.40. The normalized spacial score (nSPS) is 11.6. The lowest BCUT2D eigenvalue weighted by Gasteiger charge is -2.23. The summed E-state index contributed by atoms with van der Waals surface area (Å²) in [5.41, 5.74) is 5.49. The van der Waals surface area contributed by atoms with Crippen molar-refractivity contribution in [3.8, 4) is 0 Å². The number of anilines is 1. The Morgan fingerprint density at radius 1 is 1.19 bits per heavy atom. The maximum Gasteiger partial charge on any atom is 0.419 e. The minimum Gasteiger partial charge on any atom is -0.351 e. The van der Waals surface area contributed by atoms with Crippen LogP contribution in [0.25, 0.3) is 10.8 Å². The molecule has 0 saturated carbocycles. The van der Waals surface area contributed by atoms with Gasteiger partial charge in [0.1, 0.15) is 5.82 Å². The lowest BCUT2D eigenvalue weighted by molar-refractivity contribution is -0.140. The number of aromatic nitrogens is 1. The van der Waals surface area contributed by atoms with Crippen molar-refractivity contribution in [3.63, 3.8) is 0 Å². The number of amides is 2. The highest BCUT2D eigenvalue weighted by Crippen LogP contribution is 2.33. The number of carbonyl (C=O) groups excluding carboxylic acids is 1. The van der Waals surface area contributed by atoms with E-state index < -0.39 is 23.6 Å². The molecule has 1 heterocycles. The summed E-state index contributed by atoms with van der Waals surface area (Å²) < 4.78 is 52.0. The highest BCUT2D eigenvalue weighted by Gasteiger charge is 2.34. The first-order valence-electron chi connectivity index (χ1n) is 7.95. The number of benzene rings is 2. The molecule has 0 unspecified atom stereocenters. The van der Waals surface area contributed by atoms with Gasteiger partial charge >= 0.3 is 12.2 Å². The van der Waals surface area contributed by atoms with E-state index in [2.05, 4.69) is 4.98 Å². The van der Waals surface area contributed by atoms with Crippen molar-refractivity contribution in [3.05, 3.63) is 71.3 Å². The summed E-state index contributed by atoms with van der Waals surface area (Å²) in [6.45, 7) is 1.61. The third-order valence-electron chi connectivity index (χ3n) is 4.11. The van der Waals surface area contributed by atoms with Crippen molar-refractivity contribution in [2.24, 2.45) is 5.73 Å². The molecule has 8 heteroatoms. The number of hydrogen-bond donors (Lipinski definition) is 1. The molecule has 0 aliphatic heterocycles. The maximum absolute atomic E-state index is 13.8. The van der Waals surface area contributed by atoms with Crippen molar-refractivity contribution >= 4 is 22.5 Å². The number of alkyl halides is 3. The Bertz CT molecular complexity index is 1020. The number of urea groups is 1. The number of carbonyl (C=O) groups is 1. The van der Waals surface area contributed by atoms with E-state index in [1.165, 1.54) is 4.90 Å². The van der Waals surface area contributed by atoms with Gasteiger partial charge in [0.15, 0.2) is 0 Å². The van der Waals surface area contributed by atoms with E-state index in [0.717, 1.165) is 23.2 Å². The van der Waals surface area contributed by atoms with Gasteiger partial charge in [0.2, 0.25) is 0 Å². The van der Waals surface area contributed by atoms with Crippen molar-refractivity contribution in [2.45, 2.75) is 19.6 Å². The van der Waals surface area contributed by atoms with Crippen LogP contribution in [0.5, 0.6) is 0 Å². The number of primary amides is 1. The van der Waals surface area contributed by atoms with Crippen LogP contribution in [0.15, 0.2) is 48.7 Å². The van der Waals surface area contributed by atoms with Crippen molar-refractivity contribution in [2.75, 3.05) is 4.90 Å². The molecule has 140 valence electrons. The molecule has 1 aromatic heterocycles. The Balaban J connectivity index is 2.02. The molecule has 2 N–H and O–H groups in total. The minimum atomic E-state index is -4.79. The number of nitrogens with zero attached hydrogens (tertiary/aromatic N) is 2. The smallest absolute Gasteiger partial charge is 0.351 e. The standard InChI is InChI=1S/C19H15F4N3O/c1-11-7-14-13(9-25-11)3-2-4-17(14)26(18(24)27)10-12-5-6-15(16(20)8-12)19(21,22)23/h2-9H,10H2,1H3,(H2,24,27). The van der Waals surface area contributed by atoms with E-state index >= 15 is 0 Å². The third kappa shape index (κ3) is 3.84. The molecule has 0 atom stereocenters. The summed E-state index contributed by atoms with van der Waals surface area (Å²) in [5, 5.41) is 1.47. The van der Waals surface area contributed by atoms with Crippen LogP contribution in [0.2, 0.25) is 0 Å². The molecule has 0 saturated heterocycles. The lowest BCUT2D eigenvalue weighted by Crippen LogP contribution is -2.35. The second-order valence-corrected chi connectivity index (χ2v) is 6.06. The molecular weight excluding hydrogens is 362 g/mol. The van der Waals surface area contributed by atoms with E-state index in [-0.39, 0.29) is 12.1 Å². The number of nitrogens with two attached hydrogens (primary N) is 1. The predicted molar refractivity (Wildman–Crippen MR) is 93.6 cm³/mol. The van der Waals surface area contributed by atoms with Crippen LogP contribution in [-0.2, 0) is 12.7 Å². The first kappa shape index (κ1) is 18.6. The predicted octanol–water partition coefficient (Wildman–Crippen LogP) is 4.79. The van der Waals surface area contributed by atoms with Crippen LogP contribution >= 0.6 is 0 Å². The summed E-state index contributed by atoms with van der Waals surface area (Å²) in [6.07, 6.45) is -3.14. The Morgan fingerprint density at radius 3 is 2.56 bits per heavy atom. The number of pyridine rings is 1. The minimum absolute atomic E-state index is 0.176. The molecule has 0 spiro atoms. The highest BCUT2D eigenvalue weighted by molar-refractivity contribution is 6.02. The van der Waals surface area contributed by atoms with Crippen LogP contribution in [-0.4, -0.2) is 11.0 Å². The molecule has 3 aromatic rings. The average molecular weight is 377 g/mol. The molecule has 0 bridgehead atoms. The SMILES string of the molecule is Cc1cc2c(N(Cc3ccc(C(F)(F)F)c(F)c3)C(N)=O)cccc2cn1. The fraction of sp³-hybridized carbons (Fsp3) is 0.158. The van der Waals surface area contributed by atoms with Crippen molar-refractivity contribution in [1.29, 1.82) is 0 Å². The van der Waals surface area contributed by atoms with Gasteiger partial charge in [0.25, 0.3) is 0 Å². The zero-order valence-corrected chi connectivity index (χ0v) is 14.2. The second-order valence-electron chi connectivity index (χ2n) is 6.06. The molecule has 2 aromatic carbocycles. The van der Waals surface area contributed by atoms with Gasteiger partial charge in [-0.1, -0.05) is 18.2 Å². The fourth-order valence-corrected chi connectivity index (χ4v) is 2.84. The Hall–Kier alpha value is -3.16. The molecule has 27 heavy (non-hydrogen) atoms. The fourth-order valence-electron chi connectivity index (χ4n) is 2.84. The summed E-state index contributed by atoms with van der Waals surface area (Å²) in [6, 6.07) is 8.68. The zero-order valence-electron chi connectivity index (χ0n) is 14.2. The van der Waals surface area contributed by atoms with Gasteiger partial charge in [0, 0.05) is 22.7 Å². The van der Waals surface area contributed by atoms with E-state index in [9.17, 15) is 22.4 Å². The zero-order chi connectivity index (χ0) is 19.8. The summed E-state index contributed by atoms with van der Waals surface area (Å²) >= 11 is 0. The number of aryl methyl sites for hydroxylation is 1. The Morgan fingerprint density at radius 2 is 1.93 bits per heavy atom. The monoisotopic (exact) mass is 377 g/mol. The highest BCUT2D eigenvalue weighted by atomic mass is 19.4. The van der Waals surface area contributed by atoms with Gasteiger partial charge < -0.3 is 5.73 Å². The number of fused-ring (bicyclic) bond motifs is 1. The van der Waals surface area contributed by atoms with E-state index in [4.69, 9.17) is 5.73 Å². The topological polar surface area (TPSA) is 59.2 Å². The van der Waals surface area contributed by atoms with Crippen LogP contribution in [0.3, 0.4) is 0 Å². The van der Waals surface area contributed by atoms with Gasteiger partial charge in [-0.05, 0) is 36.8 Å². The summed E-state index contributed by atoms with van der Waals surface area (Å²) in [7, 11) is 0. The molecule has 4 nitrogen and oxygen atoms in total. The Labute approximate surface area is 152 Å². The average Bonchev–Trinajstić information content (AvgIpc) is 2.58. The first-order valence-corrected chi connectivity index (χ1v) is 7.95. The lowest BCUT2D eigenvalue weighted by atomic mass is 10.1. The molecular formula is C19H15F4N3O. The molecule has 0 fully saturated rings. The van der Waals surface area contributed by atoms with E-state index in [1.54, 1.807) is 31.3 Å². The van der Waals surface area contributed by atoms with Crippen LogP contribution < -0.4 is 10.6 Å². The van der Waals surface area contributed by atoms with Gasteiger partial charge in [0.05, 0.1) is 17.8 Å². The molecule has 3 rings (SSSR count). The van der Waals surface area contributed by atoms with Crippen molar-refractivity contribution in [1.82, 2.24) is 4.98 Å². The van der Waals surface area contributed by atoms with Gasteiger partial charge in [-0.3, -0.25) is 9.88 Å². The van der Waals surface area contributed by atoms with Crippen LogP contribution in [0, 0.1) is 12.7 Å². The second kappa shape index (κ2) is 6.86. The van der Waals surface area contributed by atoms with Gasteiger partial charge in [-0.2, -0.15) is 13.2 Å². The van der Waals surface area contributed by atoms with E-state index in [1.807, 2.05) is 6.07 Å². The van der Waals surface area contributed by atoms with Crippen LogP contribution in [0.4, 0.5) is 28.0 Å². The number of hydrogen-bond acceptors (Lipinski definition) is 2. The van der Waals surface area contributed by atoms with Crippen molar-refractivity contribution < 1.29 is 22.4 Å². The first-order chi connectivity index (χ1) is 12.7.